The highest BCUT2D eigenvalue weighted by Crippen LogP contribution is 2.32. The zero-order valence-corrected chi connectivity index (χ0v) is 21.8. The maximum absolute atomic E-state index is 11.5. The van der Waals surface area contributed by atoms with Crippen LogP contribution in [0.1, 0.15) is 37.6 Å². The van der Waals surface area contributed by atoms with Gasteiger partial charge in [-0.25, -0.2) is 9.97 Å². The summed E-state index contributed by atoms with van der Waals surface area (Å²) in [5.41, 5.74) is 12.0. The van der Waals surface area contributed by atoms with Gasteiger partial charge in [-0.3, -0.25) is 20.0 Å². The van der Waals surface area contributed by atoms with Gasteiger partial charge < -0.3 is 15.4 Å². The van der Waals surface area contributed by atoms with Crippen molar-refractivity contribution < 1.29 is 14.4 Å². The third-order valence-corrected chi connectivity index (χ3v) is 5.97. The van der Waals surface area contributed by atoms with E-state index in [9.17, 15) is 4.79 Å². The average molecular weight is 505 g/mol. The van der Waals surface area contributed by atoms with E-state index in [0.717, 1.165) is 68.4 Å². The number of carbonyl (C=O) groups is 1. The Balaban J connectivity index is 1.63. The van der Waals surface area contributed by atoms with Crippen molar-refractivity contribution in [3.8, 4) is 11.3 Å². The highest BCUT2D eigenvalue weighted by molar-refractivity contribution is 5.93. The van der Waals surface area contributed by atoms with Crippen LogP contribution in [0.4, 0.5) is 17.3 Å². The Bertz CT molecular complexity index is 1170. The summed E-state index contributed by atoms with van der Waals surface area (Å²) < 4.78 is 5.49. The molecule has 0 saturated carbocycles. The summed E-state index contributed by atoms with van der Waals surface area (Å²) in [5.74, 6) is 0.131. The SMILES string of the molecule is CC(C)(C)ONc1ccccc1N(CCCN1CCOCC1)c1nccc(-c2ccc(C(N)=O)cc2)n1. The Hall–Kier alpha value is -3.53. The number of hydrogen-bond acceptors (Lipinski definition) is 8. The summed E-state index contributed by atoms with van der Waals surface area (Å²) in [6.45, 7) is 11.1. The Morgan fingerprint density at radius 3 is 2.54 bits per heavy atom. The van der Waals surface area contributed by atoms with Crippen LogP contribution in [0.2, 0.25) is 0 Å². The number of nitrogens with zero attached hydrogens (tertiary/aromatic N) is 4. The van der Waals surface area contributed by atoms with Crippen molar-refractivity contribution in [3.05, 3.63) is 66.4 Å². The first-order valence-corrected chi connectivity index (χ1v) is 12.6. The number of para-hydroxylation sites is 2. The molecule has 1 saturated heterocycles. The quantitative estimate of drug-likeness (QED) is 0.395. The molecule has 2 heterocycles. The number of nitrogens with one attached hydrogen (secondary N) is 1. The van der Waals surface area contributed by atoms with E-state index in [2.05, 4.69) is 20.3 Å². The highest BCUT2D eigenvalue weighted by atomic mass is 16.7. The molecule has 2 aromatic carbocycles. The lowest BCUT2D eigenvalue weighted by Gasteiger charge is -2.30. The predicted octanol–water partition coefficient (Wildman–Crippen LogP) is 4.24. The molecule has 0 atom stereocenters. The topological polar surface area (TPSA) is 106 Å². The number of aromatic nitrogens is 2. The van der Waals surface area contributed by atoms with Gasteiger partial charge in [0.05, 0.1) is 35.9 Å². The number of anilines is 3. The molecule has 1 aliphatic rings. The first-order valence-electron chi connectivity index (χ1n) is 12.6. The lowest BCUT2D eigenvalue weighted by molar-refractivity contribution is 0.0372. The zero-order chi connectivity index (χ0) is 26.3. The minimum atomic E-state index is -0.456. The smallest absolute Gasteiger partial charge is 0.248 e. The van der Waals surface area contributed by atoms with Gasteiger partial charge in [0.15, 0.2) is 0 Å². The van der Waals surface area contributed by atoms with Gasteiger partial charge in [0, 0.05) is 43.5 Å². The molecule has 0 spiro atoms. The maximum Gasteiger partial charge on any atom is 0.248 e. The van der Waals surface area contributed by atoms with E-state index in [1.54, 1.807) is 18.3 Å². The third kappa shape index (κ3) is 7.48. The van der Waals surface area contributed by atoms with E-state index < -0.39 is 5.91 Å². The van der Waals surface area contributed by atoms with E-state index >= 15 is 0 Å². The van der Waals surface area contributed by atoms with Crippen molar-refractivity contribution in [1.82, 2.24) is 14.9 Å². The molecule has 1 fully saturated rings. The fourth-order valence-corrected chi connectivity index (χ4v) is 4.05. The normalized spacial score (nSPS) is 14.4. The van der Waals surface area contributed by atoms with Crippen molar-refractivity contribution in [2.75, 3.05) is 49.8 Å². The number of morpholine rings is 1. The van der Waals surface area contributed by atoms with E-state index in [1.165, 1.54) is 0 Å². The van der Waals surface area contributed by atoms with Gasteiger partial charge in [-0.05, 0) is 57.5 Å². The molecule has 3 N–H and O–H groups in total. The summed E-state index contributed by atoms with van der Waals surface area (Å²) in [7, 11) is 0. The second kappa shape index (κ2) is 12.1. The van der Waals surface area contributed by atoms with E-state index in [-0.39, 0.29) is 5.60 Å². The molecule has 1 aliphatic heterocycles. The molecule has 3 aromatic rings. The van der Waals surface area contributed by atoms with Crippen molar-refractivity contribution in [2.24, 2.45) is 5.73 Å². The summed E-state index contributed by atoms with van der Waals surface area (Å²) in [5, 5.41) is 0. The maximum atomic E-state index is 11.5. The second-order valence-electron chi connectivity index (χ2n) is 9.98. The number of benzene rings is 2. The fourth-order valence-electron chi connectivity index (χ4n) is 4.05. The van der Waals surface area contributed by atoms with Crippen LogP contribution in [0.15, 0.2) is 60.8 Å². The fraction of sp³-hybridized carbons (Fsp3) is 0.393. The van der Waals surface area contributed by atoms with Crippen LogP contribution in [-0.4, -0.2) is 65.8 Å². The highest BCUT2D eigenvalue weighted by Gasteiger charge is 2.20. The number of carbonyl (C=O) groups excluding carboxylic acids is 1. The number of nitrogens with two attached hydrogens (primary N) is 1. The van der Waals surface area contributed by atoms with Gasteiger partial charge in [0.25, 0.3) is 0 Å². The van der Waals surface area contributed by atoms with Crippen LogP contribution in [0.5, 0.6) is 0 Å². The number of primary amides is 1. The molecule has 1 aromatic heterocycles. The summed E-state index contributed by atoms with van der Waals surface area (Å²) in [6.07, 6.45) is 2.69. The minimum absolute atomic E-state index is 0.359. The van der Waals surface area contributed by atoms with Crippen LogP contribution in [0.25, 0.3) is 11.3 Å². The molecule has 4 rings (SSSR count). The summed E-state index contributed by atoms with van der Waals surface area (Å²) >= 11 is 0. The van der Waals surface area contributed by atoms with Crippen molar-refractivity contribution >= 4 is 23.2 Å². The standard InChI is InChI=1S/C28H36N6O3/c1-28(2,3)37-32-24-7-4-5-8-25(24)34(16-6-15-33-17-19-36-20-18-33)27-30-14-13-23(31-27)21-9-11-22(12-10-21)26(29)35/h4-5,7-14,32H,6,15-20H2,1-3H3,(H2,29,35). The second-order valence-corrected chi connectivity index (χ2v) is 9.98. The number of ether oxygens (including phenoxy) is 1. The Labute approximate surface area is 218 Å². The van der Waals surface area contributed by atoms with Crippen molar-refractivity contribution in [3.63, 3.8) is 0 Å². The van der Waals surface area contributed by atoms with Gasteiger partial charge >= 0.3 is 0 Å². The Kier molecular flexibility index (Phi) is 8.70. The predicted molar refractivity (Wildman–Crippen MR) is 146 cm³/mol. The molecule has 37 heavy (non-hydrogen) atoms. The van der Waals surface area contributed by atoms with E-state index in [4.69, 9.17) is 20.3 Å². The van der Waals surface area contributed by atoms with Gasteiger partial charge in [0.2, 0.25) is 11.9 Å². The van der Waals surface area contributed by atoms with Crippen LogP contribution < -0.4 is 16.1 Å². The van der Waals surface area contributed by atoms with E-state index in [0.29, 0.717) is 11.5 Å². The van der Waals surface area contributed by atoms with Crippen LogP contribution in [0, 0.1) is 0 Å². The molecule has 0 bridgehead atoms. The monoisotopic (exact) mass is 504 g/mol. The largest absolute Gasteiger partial charge is 0.379 e. The van der Waals surface area contributed by atoms with Gasteiger partial charge in [-0.15, -0.1) is 0 Å². The molecule has 0 aliphatic carbocycles. The minimum Gasteiger partial charge on any atom is -0.379 e. The number of hydrogen-bond donors (Lipinski definition) is 2. The molecular formula is C28H36N6O3. The lowest BCUT2D eigenvalue weighted by Crippen LogP contribution is -2.38. The van der Waals surface area contributed by atoms with Crippen LogP contribution >= 0.6 is 0 Å². The summed E-state index contributed by atoms with van der Waals surface area (Å²) in [6, 6.07) is 17.0. The van der Waals surface area contributed by atoms with Crippen molar-refractivity contribution in [2.45, 2.75) is 32.8 Å². The average Bonchev–Trinajstić information content (AvgIpc) is 2.90. The molecular weight excluding hydrogens is 468 g/mol. The molecule has 9 nitrogen and oxygen atoms in total. The number of amides is 1. The molecule has 9 heteroatoms. The van der Waals surface area contributed by atoms with Crippen molar-refractivity contribution in [1.29, 1.82) is 0 Å². The van der Waals surface area contributed by atoms with E-state index in [1.807, 2.05) is 63.2 Å². The molecule has 196 valence electrons. The third-order valence-electron chi connectivity index (χ3n) is 5.97. The lowest BCUT2D eigenvalue weighted by atomic mass is 10.1. The molecule has 0 unspecified atom stereocenters. The Morgan fingerprint density at radius 2 is 1.84 bits per heavy atom. The first-order chi connectivity index (χ1) is 17.8. The zero-order valence-electron chi connectivity index (χ0n) is 21.8. The first kappa shape index (κ1) is 26.5. The summed E-state index contributed by atoms with van der Waals surface area (Å²) in [4.78, 5) is 31.5. The van der Waals surface area contributed by atoms with Crippen LogP contribution in [-0.2, 0) is 9.57 Å². The van der Waals surface area contributed by atoms with Gasteiger partial charge in [0.1, 0.15) is 0 Å². The number of rotatable bonds is 10. The van der Waals surface area contributed by atoms with Crippen LogP contribution in [0.3, 0.4) is 0 Å². The van der Waals surface area contributed by atoms with Gasteiger partial charge in [-0.1, -0.05) is 24.3 Å². The molecule has 0 radical (unpaired) electrons. The van der Waals surface area contributed by atoms with Gasteiger partial charge in [-0.2, -0.15) is 0 Å². The molecule has 1 amide bonds. The Morgan fingerprint density at radius 1 is 1.11 bits per heavy atom.